The van der Waals surface area contributed by atoms with Gasteiger partial charge in [0, 0.05) is 19.6 Å². The van der Waals surface area contributed by atoms with Crippen LogP contribution >= 0.6 is 0 Å². The van der Waals surface area contributed by atoms with E-state index in [-0.39, 0.29) is 5.91 Å². The quantitative estimate of drug-likeness (QED) is 0.905. The highest BCUT2D eigenvalue weighted by Crippen LogP contribution is 2.23. The molecule has 2 unspecified atom stereocenters. The van der Waals surface area contributed by atoms with Crippen LogP contribution < -0.4 is 5.32 Å². The first kappa shape index (κ1) is 13.8. The molecule has 1 fully saturated rings. The van der Waals surface area contributed by atoms with E-state index < -0.39 is 0 Å². The maximum Gasteiger partial charge on any atom is 0.274 e. The van der Waals surface area contributed by atoms with Crippen molar-refractivity contribution in [3.8, 4) is 0 Å². The molecule has 104 valence electrons. The Bertz CT molecular complexity index is 432. The second kappa shape index (κ2) is 5.99. The van der Waals surface area contributed by atoms with Gasteiger partial charge in [0.2, 0.25) is 0 Å². The normalized spacial score (nSPS) is 23.2. The van der Waals surface area contributed by atoms with Gasteiger partial charge in [-0.25, -0.2) is 0 Å². The van der Waals surface area contributed by atoms with E-state index in [2.05, 4.69) is 29.4 Å². The summed E-state index contributed by atoms with van der Waals surface area (Å²) in [6.07, 6.45) is 1.07. The first-order valence-electron chi connectivity index (χ1n) is 6.98. The van der Waals surface area contributed by atoms with Crippen molar-refractivity contribution in [1.82, 2.24) is 15.1 Å². The molecule has 1 aromatic heterocycles. The van der Waals surface area contributed by atoms with Crippen LogP contribution in [-0.4, -0.2) is 40.6 Å². The fourth-order valence-corrected chi connectivity index (χ4v) is 2.33. The Hall–Kier alpha value is -1.65. The zero-order chi connectivity index (χ0) is 13.8. The summed E-state index contributed by atoms with van der Waals surface area (Å²) < 4.78 is 0. The number of nitrogens with zero attached hydrogens (tertiary/aromatic N) is 3. The van der Waals surface area contributed by atoms with Gasteiger partial charge in [0.05, 0.1) is 0 Å². The molecule has 0 spiro atoms. The molecule has 2 atom stereocenters. The lowest BCUT2D eigenvalue weighted by Gasteiger charge is -2.35. The molecule has 0 bridgehead atoms. The Balaban J connectivity index is 2.03. The summed E-state index contributed by atoms with van der Waals surface area (Å²) in [6.45, 7) is 8.87. The van der Waals surface area contributed by atoms with Gasteiger partial charge >= 0.3 is 0 Å². The molecule has 2 heterocycles. The summed E-state index contributed by atoms with van der Waals surface area (Å²) in [5.74, 6) is 1.94. The predicted octanol–water partition coefficient (Wildman–Crippen LogP) is 2.03. The topological polar surface area (TPSA) is 58.1 Å². The van der Waals surface area contributed by atoms with Crippen LogP contribution in [0, 0.1) is 11.8 Å². The molecule has 0 saturated carbocycles. The van der Waals surface area contributed by atoms with Crippen LogP contribution in [0.3, 0.4) is 0 Å². The standard InChI is InChI=1S/C14H22N4O/c1-4-15-13-6-5-12(16-17-13)14(19)18-8-7-10(2)11(3)9-18/h5-6,10-11H,4,7-9H2,1-3H3,(H,15,17). The highest BCUT2D eigenvalue weighted by molar-refractivity contribution is 5.92. The third-order valence-electron chi connectivity index (χ3n) is 3.86. The van der Waals surface area contributed by atoms with E-state index in [1.54, 1.807) is 12.1 Å². The van der Waals surface area contributed by atoms with Crippen LogP contribution in [0.4, 0.5) is 5.82 Å². The maximum absolute atomic E-state index is 12.3. The molecule has 0 radical (unpaired) electrons. The van der Waals surface area contributed by atoms with Crippen molar-refractivity contribution in [1.29, 1.82) is 0 Å². The van der Waals surface area contributed by atoms with E-state index in [1.807, 2.05) is 11.8 Å². The summed E-state index contributed by atoms with van der Waals surface area (Å²) >= 11 is 0. The molecule has 1 N–H and O–H groups in total. The number of carbonyl (C=O) groups excluding carboxylic acids is 1. The van der Waals surface area contributed by atoms with Gasteiger partial charge in [-0.3, -0.25) is 4.79 Å². The number of aromatic nitrogens is 2. The monoisotopic (exact) mass is 262 g/mol. The number of amides is 1. The van der Waals surface area contributed by atoms with E-state index in [4.69, 9.17) is 0 Å². The van der Waals surface area contributed by atoms with Gasteiger partial charge in [-0.2, -0.15) is 0 Å². The number of hydrogen-bond donors (Lipinski definition) is 1. The molecule has 1 aliphatic rings. The first-order valence-corrected chi connectivity index (χ1v) is 6.98. The minimum absolute atomic E-state index is 0.00528. The maximum atomic E-state index is 12.3. The van der Waals surface area contributed by atoms with Gasteiger partial charge in [-0.05, 0) is 37.3 Å². The molecule has 1 aromatic rings. The third kappa shape index (κ3) is 3.22. The summed E-state index contributed by atoms with van der Waals surface area (Å²) in [5.41, 5.74) is 0.434. The predicted molar refractivity (Wildman–Crippen MR) is 75.0 cm³/mol. The third-order valence-corrected chi connectivity index (χ3v) is 3.86. The molecule has 5 nitrogen and oxygen atoms in total. The molecule has 5 heteroatoms. The summed E-state index contributed by atoms with van der Waals surface area (Å²) in [6, 6.07) is 3.55. The smallest absolute Gasteiger partial charge is 0.274 e. The molecular weight excluding hydrogens is 240 g/mol. The molecule has 1 saturated heterocycles. The highest BCUT2D eigenvalue weighted by atomic mass is 16.2. The molecule has 0 aliphatic carbocycles. The number of hydrogen-bond acceptors (Lipinski definition) is 4. The van der Waals surface area contributed by atoms with Crippen LogP contribution in [0.1, 0.15) is 37.7 Å². The summed E-state index contributed by atoms with van der Waals surface area (Å²) in [5, 5.41) is 11.1. The SMILES string of the molecule is CCNc1ccc(C(=O)N2CCC(C)C(C)C2)nn1. The Labute approximate surface area is 114 Å². The Morgan fingerprint density at radius 3 is 2.74 bits per heavy atom. The Morgan fingerprint density at radius 2 is 2.16 bits per heavy atom. The second-order valence-corrected chi connectivity index (χ2v) is 5.33. The summed E-state index contributed by atoms with van der Waals surface area (Å²) in [7, 11) is 0. The summed E-state index contributed by atoms with van der Waals surface area (Å²) in [4.78, 5) is 14.2. The van der Waals surface area contributed by atoms with E-state index in [1.165, 1.54) is 0 Å². The number of likely N-dealkylation sites (tertiary alicyclic amines) is 1. The number of anilines is 1. The minimum atomic E-state index is -0.00528. The van der Waals surface area contributed by atoms with E-state index in [0.717, 1.165) is 26.1 Å². The second-order valence-electron chi connectivity index (χ2n) is 5.33. The van der Waals surface area contributed by atoms with Crippen molar-refractivity contribution in [3.63, 3.8) is 0 Å². The van der Waals surface area contributed by atoms with Gasteiger partial charge in [-0.1, -0.05) is 13.8 Å². The van der Waals surface area contributed by atoms with Crippen molar-refractivity contribution in [3.05, 3.63) is 17.8 Å². The van der Waals surface area contributed by atoms with Crippen molar-refractivity contribution >= 4 is 11.7 Å². The first-order chi connectivity index (χ1) is 9.11. The van der Waals surface area contributed by atoms with Gasteiger partial charge in [0.1, 0.15) is 5.82 Å². The van der Waals surface area contributed by atoms with Crippen molar-refractivity contribution < 1.29 is 4.79 Å². The molecule has 19 heavy (non-hydrogen) atoms. The van der Waals surface area contributed by atoms with Crippen molar-refractivity contribution in [2.45, 2.75) is 27.2 Å². The fraction of sp³-hybridized carbons (Fsp3) is 0.643. The van der Waals surface area contributed by atoms with Gasteiger partial charge in [0.25, 0.3) is 5.91 Å². The molecular formula is C14H22N4O. The lowest BCUT2D eigenvalue weighted by molar-refractivity contribution is 0.0620. The molecule has 1 aliphatic heterocycles. The van der Waals surface area contributed by atoms with Crippen LogP contribution in [0.25, 0.3) is 0 Å². The highest BCUT2D eigenvalue weighted by Gasteiger charge is 2.27. The minimum Gasteiger partial charge on any atom is -0.369 e. The van der Waals surface area contributed by atoms with Crippen molar-refractivity contribution in [2.75, 3.05) is 25.0 Å². The number of carbonyl (C=O) groups is 1. The Kier molecular flexibility index (Phi) is 4.35. The van der Waals surface area contributed by atoms with Crippen molar-refractivity contribution in [2.24, 2.45) is 11.8 Å². The van der Waals surface area contributed by atoms with Crippen LogP contribution in [0.15, 0.2) is 12.1 Å². The largest absolute Gasteiger partial charge is 0.369 e. The lowest BCUT2D eigenvalue weighted by Crippen LogP contribution is -2.42. The molecule has 2 rings (SSSR count). The van der Waals surface area contributed by atoms with Crippen LogP contribution in [0.2, 0.25) is 0 Å². The van der Waals surface area contributed by atoms with Gasteiger partial charge in [-0.15, -0.1) is 10.2 Å². The zero-order valence-electron chi connectivity index (χ0n) is 11.9. The average Bonchev–Trinajstić information content (AvgIpc) is 2.42. The van der Waals surface area contributed by atoms with Gasteiger partial charge < -0.3 is 10.2 Å². The van der Waals surface area contributed by atoms with Gasteiger partial charge in [0.15, 0.2) is 5.69 Å². The molecule has 1 amide bonds. The number of rotatable bonds is 3. The number of nitrogens with one attached hydrogen (secondary N) is 1. The Morgan fingerprint density at radius 1 is 1.37 bits per heavy atom. The van der Waals surface area contributed by atoms with Crippen LogP contribution in [-0.2, 0) is 0 Å². The lowest BCUT2D eigenvalue weighted by atomic mass is 9.88. The van der Waals surface area contributed by atoms with E-state index in [0.29, 0.717) is 23.3 Å². The van der Waals surface area contributed by atoms with E-state index >= 15 is 0 Å². The van der Waals surface area contributed by atoms with E-state index in [9.17, 15) is 4.79 Å². The fourth-order valence-electron chi connectivity index (χ4n) is 2.33. The molecule has 0 aromatic carbocycles. The zero-order valence-corrected chi connectivity index (χ0v) is 11.9. The number of piperidine rings is 1. The van der Waals surface area contributed by atoms with Crippen LogP contribution in [0.5, 0.6) is 0 Å². The average molecular weight is 262 g/mol.